The first-order valence-electron chi connectivity index (χ1n) is 13.8. The van der Waals surface area contributed by atoms with Gasteiger partial charge in [0, 0.05) is 45.6 Å². The van der Waals surface area contributed by atoms with Gasteiger partial charge in [0.1, 0.15) is 73.1 Å². The summed E-state index contributed by atoms with van der Waals surface area (Å²) < 4.78 is 42.3. The van der Waals surface area contributed by atoms with Crippen molar-refractivity contribution in [1.82, 2.24) is 0 Å². The first kappa shape index (κ1) is 37.6. The van der Waals surface area contributed by atoms with E-state index in [4.69, 9.17) is 37.9 Å². The quantitative estimate of drug-likeness (QED) is 0.0732. The summed E-state index contributed by atoms with van der Waals surface area (Å²) in [4.78, 5) is 46.8. The maximum atomic E-state index is 11.8. The van der Waals surface area contributed by atoms with Crippen molar-refractivity contribution in [2.75, 3.05) is 0 Å². The SMILES string of the molecule is C=C(C)C(=O)OC=COc1ccc(-c2ccc(OC=COC(=O)C(=C)C)cc2OC=COC(=O)C(=C)C)c(OC=COC(=O)C(=C)C)c1. The van der Waals surface area contributed by atoms with E-state index in [9.17, 15) is 19.2 Å². The average Bonchev–Trinajstić information content (AvgIpc) is 3.04. The Morgan fingerprint density at radius 2 is 0.708 bits per heavy atom. The van der Waals surface area contributed by atoms with Crippen LogP contribution in [0.15, 0.2) is 135 Å². The highest BCUT2D eigenvalue weighted by atomic mass is 16.6. The van der Waals surface area contributed by atoms with E-state index in [1.54, 1.807) is 24.3 Å². The molecule has 2 aromatic rings. The van der Waals surface area contributed by atoms with Gasteiger partial charge in [0.15, 0.2) is 0 Å². The molecule has 0 saturated heterocycles. The van der Waals surface area contributed by atoms with E-state index in [-0.39, 0.29) is 45.3 Å². The van der Waals surface area contributed by atoms with Gasteiger partial charge in [0.05, 0.1) is 0 Å². The molecular weight excluding hydrogens is 624 g/mol. The zero-order valence-corrected chi connectivity index (χ0v) is 26.8. The summed E-state index contributed by atoms with van der Waals surface area (Å²) >= 11 is 0. The molecule has 0 aromatic heterocycles. The Morgan fingerprint density at radius 1 is 0.438 bits per heavy atom. The van der Waals surface area contributed by atoms with Gasteiger partial charge < -0.3 is 37.9 Å². The lowest BCUT2D eigenvalue weighted by Gasteiger charge is -2.15. The summed E-state index contributed by atoms with van der Waals surface area (Å²) in [6.07, 6.45) is 8.70. The van der Waals surface area contributed by atoms with Crippen molar-refractivity contribution in [1.29, 1.82) is 0 Å². The smallest absolute Gasteiger partial charge is 0.338 e. The van der Waals surface area contributed by atoms with Gasteiger partial charge in [0.2, 0.25) is 0 Å². The largest absolute Gasteiger partial charge is 0.462 e. The van der Waals surface area contributed by atoms with E-state index in [0.717, 1.165) is 50.1 Å². The van der Waals surface area contributed by atoms with Gasteiger partial charge in [-0.15, -0.1) is 0 Å². The number of carbonyl (C=O) groups is 4. The van der Waals surface area contributed by atoms with Gasteiger partial charge in [-0.1, -0.05) is 26.3 Å². The van der Waals surface area contributed by atoms with Crippen LogP contribution >= 0.6 is 0 Å². The molecule has 12 nitrogen and oxygen atoms in total. The summed E-state index contributed by atoms with van der Waals surface area (Å²) in [6.45, 7) is 20.0. The molecule has 0 radical (unpaired) electrons. The summed E-state index contributed by atoms with van der Waals surface area (Å²) in [6, 6.07) is 9.46. The fraction of sp³-hybridized carbons (Fsp3) is 0.111. The molecule has 0 N–H and O–H groups in total. The molecule has 0 spiro atoms. The molecule has 2 aromatic carbocycles. The maximum absolute atomic E-state index is 11.8. The first-order chi connectivity index (χ1) is 22.8. The summed E-state index contributed by atoms with van der Waals surface area (Å²) in [5.74, 6) is -1.63. The predicted octanol–water partition coefficient (Wildman–Crippen LogP) is 7.23. The Kier molecular flexibility index (Phi) is 14.9. The van der Waals surface area contributed by atoms with Gasteiger partial charge in [-0.3, -0.25) is 0 Å². The number of ether oxygens (including phenoxy) is 8. The molecular formula is C36H34O12. The van der Waals surface area contributed by atoms with Crippen LogP contribution in [0.2, 0.25) is 0 Å². The van der Waals surface area contributed by atoms with Gasteiger partial charge in [-0.2, -0.15) is 0 Å². The van der Waals surface area contributed by atoms with E-state index in [2.05, 4.69) is 26.3 Å². The number of carbonyl (C=O) groups excluding carboxylic acids is 4. The lowest BCUT2D eigenvalue weighted by Crippen LogP contribution is -2.00. The lowest BCUT2D eigenvalue weighted by atomic mass is 10.0. The van der Waals surface area contributed by atoms with Crippen LogP contribution < -0.4 is 18.9 Å². The van der Waals surface area contributed by atoms with Crippen molar-refractivity contribution < 1.29 is 57.1 Å². The molecule has 0 unspecified atom stereocenters. The molecule has 0 amide bonds. The molecule has 0 fully saturated rings. The van der Waals surface area contributed by atoms with E-state index in [1.807, 2.05) is 0 Å². The van der Waals surface area contributed by atoms with E-state index in [1.165, 1.54) is 39.8 Å². The highest BCUT2D eigenvalue weighted by Gasteiger charge is 2.15. The third-order valence-electron chi connectivity index (χ3n) is 5.31. The van der Waals surface area contributed by atoms with Crippen LogP contribution in [0.1, 0.15) is 27.7 Å². The van der Waals surface area contributed by atoms with Crippen molar-refractivity contribution in [2.24, 2.45) is 0 Å². The molecule has 0 aliphatic rings. The first-order valence-corrected chi connectivity index (χ1v) is 13.8. The van der Waals surface area contributed by atoms with Gasteiger partial charge in [-0.25, -0.2) is 19.2 Å². The molecule has 2 rings (SSSR count). The molecule has 0 atom stereocenters. The Hall–Kier alpha value is -6.56. The highest BCUT2D eigenvalue weighted by Crippen LogP contribution is 2.40. The van der Waals surface area contributed by atoms with Crippen molar-refractivity contribution in [3.8, 4) is 34.1 Å². The minimum absolute atomic E-state index is 0.185. The number of esters is 4. The van der Waals surface area contributed by atoms with Crippen LogP contribution in [0.25, 0.3) is 11.1 Å². The van der Waals surface area contributed by atoms with E-state index >= 15 is 0 Å². The average molecular weight is 659 g/mol. The normalized spacial score (nSPS) is 10.8. The summed E-state index contributed by atoms with van der Waals surface area (Å²) in [5, 5.41) is 0. The highest BCUT2D eigenvalue weighted by molar-refractivity contribution is 5.88. The minimum Gasteiger partial charge on any atom is -0.462 e. The lowest BCUT2D eigenvalue weighted by molar-refractivity contribution is -0.134. The van der Waals surface area contributed by atoms with Crippen LogP contribution in [-0.4, -0.2) is 23.9 Å². The second-order valence-corrected chi connectivity index (χ2v) is 9.62. The van der Waals surface area contributed by atoms with Crippen LogP contribution in [0.5, 0.6) is 23.0 Å². The standard InChI is InChI=1S/C36H34O12/c1-23(2)33(37)45-17-13-41-27-9-11-29(31(21-27)43-15-19-47-35(39)25(5)6)30-12-10-28(42-14-18-46-34(38)24(3)4)22-32(30)44-16-20-48-36(40)26(7)8/h9-22H,1,3,5,7H2,2,4,6,8H3. The predicted molar refractivity (Wildman–Crippen MR) is 175 cm³/mol. The number of rotatable bonds is 17. The third kappa shape index (κ3) is 12.8. The Bertz CT molecular complexity index is 1580. The molecule has 48 heavy (non-hydrogen) atoms. The zero-order chi connectivity index (χ0) is 35.6. The van der Waals surface area contributed by atoms with E-state index in [0.29, 0.717) is 11.1 Å². The number of hydrogen-bond donors (Lipinski definition) is 0. The Labute approximate surface area is 277 Å². The molecule has 0 aliphatic carbocycles. The molecule has 0 aliphatic heterocycles. The topological polar surface area (TPSA) is 142 Å². The Balaban J connectivity index is 2.49. The monoisotopic (exact) mass is 658 g/mol. The number of benzene rings is 2. The molecule has 250 valence electrons. The fourth-order valence-corrected chi connectivity index (χ4v) is 2.97. The fourth-order valence-electron chi connectivity index (χ4n) is 2.97. The van der Waals surface area contributed by atoms with Crippen LogP contribution in [-0.2, 0) is 38.1 Å². The molecule has 12 heteroatoms. The summed E-state index contributed by atoms with van der Waals surface area (Å²) in [7, 11) is 0. The molecule has 0 saturated carbocycles. The van der Waals surface area contributed by atoms with Crippen LogP contribution in [0.3, 0.4) is 0 Å². The van der Waals surface area contributed by atoms with Gasteiger partial charge in [0.25, 0.3) is 0 Å². The second-order valence-electron chi connectivity index (χ2n) is 9.62. The van der Waals surface area contributed by atoms with Crippen molar-refractivity contribution in [2.45, 2.75) is 27.7 Å². The molecule has 0 bridgehead atoms. The van der Waals surface area contributed by atoms with Gasteiger partial charge >= 0.3 is 23.9 Å². The van der Waals surface area contributed by atoms with Crippen molar-refractivity contribution >= 4 is 23.9 Å². The van der Waals surface area contributed by atoms with Gasteiger partial charge in [-0.05, 0) is 52.0 Å². The second kappa shape index (κ2) is 19.1. The van der Waals surface area contributed by atoms with E-state index < -0.39 is 23.9 Å². The number of hydrogen-bond acceptors (Lipinski definition) is 12. The minimum atomic E-state index is -0.657. The third-order valence-corrected chi connectivity index (χ3v) is 5.31. The summed E-state index contributed by atoms with van der Waals surface area (Å²) in [5.41, 5.74) is 1.69. The van der Waals surface area contributed by atoms with Crippen molar-refractivity contribution in [3.63, 3.8) is 0 Å². The zero-order valence-electron chi connectivity index (χ0n) is 26.8. The van der Waals surface area contributed by atoms with Crippen LogP contribution in [0, 0.1) is 0 Å². The Morgan fingerprint density at radius 3 is 0.979 bits per heavy atom. The van der Waals surface area contributed by atoms with Crippen LogP contribution in [0.4, 0.5) is 0 Å². The maximum Gasteiger partial charge on any atom is 0.338 e. The van der Waals surface area contributed by atoms with Crippen molar-refractivity contribution in [3.05, 3.63) is 135 Å². The molecule has 0 heterocycles.